The first-order chi connectivity index (χ1) is 6.47. The first kappa shape index (κ1) is 11.5. The van der Waals surface area contributed by atoms with Gasteiger partial charge in [0.15, 0.2) is 0 Å². The van der Waals surface area contributed by atoms with Crippen molar-refractivity contribution in [1.82, 2.24) is 0 Å². The maximum Gasteiger partial charge on any atom is 0.0841 e. The third-order valence-corrected chi connectivity index (χ3v) is 3.05. The van der Waals surface area contributed by atoms with Gasteiger partial charge < -0.3 is 5.11 Å². The van der Waals surface area contributed by atoms with E-state index >= 15 is 0 Å². The second kappa shape index (κ2) is 4.33. The minimum atomic E-state index is -0.453. The van der Waals surface area contributed by atoms with Gasteiger partial charge in [0.25, 0.3) is 0 Å². The average molecular weight is 213 g/mol. The molecule has 2 heteroatoms. The van der Waals surface area contributed by atoms with Crippen LogP contribution in [-0.2, 0) is 0 Å². The fourth-order valence-corrected chi connectivity index (χ4v) is 1.52. The van der Waals surface area contributed by atoms with Crippen LogP contribution in [0.4, 0.5) is 0 Å². The average Bonchev–Trinajstić information content (AvgIpc) is 2.16. The van der Waals surface area contributed by atoms with E-state index in [1.165, 1.54) is 0 Å². The van der Waals surface area contributed by atoms with Crippen molar-refractivity contribution in [1.29, 1.82) is 0 Å². The summed E-state index contributed by atoms with van der Waals surface area (Å²) >= 11 is 5.87. The summed E-state index contributed by atoms with van der Waals surface area (Å²) in [6.45, 7) is 6.19. The molecule has 0 aliphatic carbocycles. The highest BCUT2D eigenvalue weighted by Crippen LogP contribution is 2.36. The van der Waals surface area contributed by atoms with Gasteiger partial charge in [-0.2, -0.15) is 0 Å². The van der Waals surface area contributed by atoms with Crippen molar-refractivity contribution in [3.05, 3.63) is 34.9 Å². The van der Waals surface area contributed by atoms with E-state index in [2.05, 4.69) is 20.8 Å². The zero-order valence-electron chi connectivity index (χ0n) is 8.92. The second-order valence-electron chi connectivity index (χ2n) is 4.30. The van der Waals surface area contributed by atoms with E-state index in [9.17, 15) is 5.11 Å². The quantitative estimate of drug-likeness (QED) is 0.808. The summed E-state index contributed by atoms with van der Waals surface area (Å²) in [7, 11) is 0. The van der Waals surface area contributed by atoms with Crippen LogP contribution < -0.4 is 0 Å². The fourth-order valence-electron chi connectivity index (χ4n) is 1.32. The first-order valence-electron chi connectivity index (χ1n) is 4.91. The summed E-state index contributed by atoms with van der Waals surface area (Å²) in [5.41, 5.74) is 0.786. The van der Waals surface area contributed by atoms with Crippen LogP contribution in [0.5, 0.6) is 0 Å². The normalized spacial score (nSPS) is 14.1. The van der Waals surface area contributed by atoms with Crippen molar-refractivity contribution >= 4 is 11.6 Å². The lowest BCUT2D eigenvalue weighted by molar-refractivity contribution is 0.0466. The lowest BCUT2D eigenvalue weighted by Crippen LogP contribution is -2.20. The molecule has 0 aliphatic rings. The molecule has 1 N–H and O–H groups in total. The molecule has 0 saturated heterocycles. The van der Waals surface area contributed by atoms with Crippen molar-refractivity contribution in [3.8, 4) is 0 Å². The van der Waals surface area contributed by atoms with E-state index in [0.717, 1.165) is 12.0 Å². The summed E-state index contributed by atoms with van der Waals surface area (Å²) in [5, 5.41) is 10.8. The lowest BCUT2D eigenvalue weighted by Gasteiger charge is -2.29. The summed E-state index contributed by atoms with van der Waals surface area (Å²) in [5.74, 6) is 0. The van der Waals surface area contributed by atoms with E-state index in [0.29, 0.717) is 5.02 Å². The zero-order valence-corrected chi connectivity index (χ0v) is 9.67. The van der Waals surface area contributed by atoms with Gasteiger partial charge >= 0.3 is 0 Å². The molecule has 1 unspecified atom stereocenters. The molecular formula is C12H17ClO. The fraction of sp³-hybridized carbons (Fsp3) is 0.500. The van der Waals surface area contributed by atoms with Gasteiger partial charge in [0.1, 0.15) is 0 Å². The Balaban J connectivity index is 2.94. The molecule has 14 heavy (non-hydrogen) atoms. The Morgan fingerprint density at radius 1 is 1.43 bits per heavy atom. The molecule has 0 heterocycles. The van der Waals surface area contributed by atoms with Crippen molar-refractivity contribution in [2.24, 2.45) is 5.41 Å². The highest BCUT2D eigenvalue weighted by molar-refractivity contribution is 6.30. The van der Waals surface area contributed by atoms with Crippen molar-refractivity contribution in [3.63, 3.8) is 0 Å². The minimum absolute atomic E-state index is 0.106. The predicted molar refractivity (Wildman–Crippen MR) is 60.5 cm³/mol. The van der Waals surface area contributed by atoms with Crippen LogP contribution in [0, 0.1) is 5.41 Å². The van der Waals surface area contributed by atoms with Crippen LogP contribution in [0.3, 0.4) is 0 Å². The molecule has 1 atom stereocenters. The van der Waals surface area contributed by atoms with Crippen LogP contribution in [0.25, 0.3) is 0 Å². The van der Waals surface area contributed by atoms with Crippen LogP contribution in [0.1, 0.15) is 38.9 Å². The van der Waals surface area contributed by atoms with Crippen LogP contribution >= 0.6 is 11.6 Å². The molecule has 0 bridgehead atoms. The lowest BCUT2D eigenvalue weighted by atomic mass is 9.80. The van der Waals surface area contributed by atoms with Gasteiger partial charge in [-0.05, 0) is 29.5 Å². The molecule has 0 radical (unpaired) electrons. The van der Waals surface area contributed by atoms with Crippen molar-refractivity contribution < 1.29 is 5.11 Å². The van der Waals surface area contributed by atoms with E-state index in [1.54, 1.807) is 0 Å². The van der Waals surface area contributed by atoms with Crippen LogP contribution in [-0.4, -0.2) is 5.11 Å². The first-order valence-corrected chi connectivity index (χ1v) is 5.28. The summed E-state index contributed by atoms with van der Waals surface area (Å²) in [4.78, 5) is 0. The predicted octanol–water partition coefficient (Wildman–Crippen LogP) is 3.81. The van der Waals surface area contributed by atoms with Crippen LogP contribution in [0.15, 0.2) is 24.3 Å². The number of rotatable bonds is 3. The number of hydrogen-bond acceptors (Lipinski definition) is 1. The zero-order chi connectivity index (χ0) is 10.8. The summed E-state index contributed by atoms with van der Waals surface area (Å²) < 4.78 is 0. The highest BCUT2D eigenvalue weighted by atomic mass is 35.5. The van der Waals surface area contributed by atoms with Crippen molar-refractivity contribution in [2.75, 3.05) is 0 Å². The van der Waals surface area contributed by atoms with Gasteiger partial charge in [-0.1, -0.05) is 44.5 Å². The monoisotopic (exact) mass is 212 g/mol. The molecule has 1 rings (SSSR count). The molecule has 1 nitrogen and oxygen atoms in total. The van der Waals surface area contributed by atoms with Crippen molar-refractivity contribution in [2.45, 2.75) is 33.3 Å². The molecule has 0 aromatic heterocycles. The number of aliphatic hydroxyl groups excluding tert-OH is 1. The van der Waals surface area contributed by atoms with E-state index in [1.807, 2.05) is 24.3 Å². The topological polar surface area (TPSA) is 20.2 Å². The number of hydrogen-bond donors (Lipinski definition) is 1. The Morgan fingerprint density at radius 3 is 2.57 bits per heavy atom. The second-order valence-corrected chi connectivity index (χ2v) is 4.74. The largest absolute Gasteiger partial charge is 0.388 e. The highest BCUT2D eigenvalue weighted by Gasteiger charge is 2.26. The molecule has 0 aliphatic heterocycles. The van der Waals surface area contributed by atoms with E-state index in [-0.39, 0.29) is 5.41 Å². The standard InChI is InChI=1S/C12H17ClO/c1-4-12(2,3)11(14)9-6-5-7-10(13)8-9/h5-8,11,14H,4H2,1-3H3. The smallest absolute Gasteiger partial charge is 0.0841 e. The van der Waals surface area contributed by atoms with Gasteiger partial charge in [0.2, 0.25) is 0 Å². The Kier molecular flexibility index (Phi) is 3.57. The molecule has 0 amide bonds. The SMILES string of the molecule is CCC(C)(C)C(O)c1cccc(Cl)c1. The number of aliphatic hydroxyl groups is 1. The van der Waals surface area contributed by atoms with Gasteiger partial charge in [0, 0.05) is 5.02 Å². The number of benzene rings is 1. The van der Waals surface area contributed by atoms with Crippen LogP contribution in [0.2, 0.25) is 5.02 Å². The Morgan fingerprint density at radius 2 is 2.07 bits per heavy atom. The Hall–Kier alpha value is -0.530. The van der Waals surface area contributed by atoms with Gasteiger partial charge in [-0.25, -0.2) is 0 Å². The van der Waals surface area contributed by atoms with E-state index in [4.69, 9.17) is 11.6 Å². The summed E-state index contributed by atoms with van der Waals surface area (Å²) in [6, 6.07) is 7.42. The third-order valence-electron chi connectivity index (χ3n) is 2.82. The molecule has 78 valence electrons. The Labute approximate surface area is 90.7 Å². The van der Waals surface area contributed by atoms with Gasteiger partial charge in [-0.15, -0.1) is 0 Å². The molecule has 0 fully saturated rings. The van der Waals surface area contributed by atoms with Gasteiger partial charge in [0.05, 0.1) is 6.10 Å². The molecular weight excluding hydrogens is 196 g/mol. The third kappa shape index (κ3) is 2.49. The molecule has 0 saturated carbocycles. The van der Waals surface area contributed by atoms with E-state index < -0.39 is 6.10 Å². The maximum absolute atomic E-state index is 10.1. The molecule has 1 aromatic carbocycles. The minimum Gasteiger partial charge on any atom is -0.388 e. The maximum atomic E-state index is 10.1. The number of halogens is 1. The summed E-state index contributed by atoms with van der Waals surface area (Å²) in [6.07, 6.45) is 0.479. The molecule has 1 aromatic rings. The van der Waals surface area contributed by atoms with Gasteiger partial charge in [-0.3, -0.25) is 0 Å². The molecule has 0 spiro atoms. The Bertz CT molecular complexity index is 307.